The Labute approximate surface area is 180 Å². The molecule has 0 bridgehead atoms. The Hall–Kier alpha value is -2.78. The topological polar surface area (TPSA) is 92.2 Å². The van der Waals surface area contributed by atoms with Crippen LogP contribution in [0.15, 0.2) is 59.2 Å². The number of halogens is 1. The number of carbonyl (C=O) groups excluding carboxylic acids is 3. The van der Waals surface area contributed by atoms with Gasteiger partial charge in [0.25, 0.3) is 5.91 Å². The van der Waals surface area contributed by atoms with E-state index in [4.69, 9.17) is 0 Å². The first-order chi connectivity index (χ1) is 13.9. The number of thioether (sulfide) groups is 1. The fraction of sp³-hybridized carbons (Fsp3) is 0.150. The summed E-state index contributed by atoms with van der Waals surface area (Å²) in [6.07, 6.45) is 1.72. The molecule has 150 valence electrons. The molecule has 0 aliphatic carbocycles. The van der Waals surface area contributed by atoms with Gasteiger partial charge in [0.1, 0.15) is 0 Å². The molecular weight excluding hydrogens is 456 g/mol. The van der Waals surface area contributed by atoms with Gasteiger partial charge < -0.3 is 9.88 Å². The Morgan fingerprint density at radius 2 is 1.76 bits per heavy atom. The van der Waals surface area contributed by atoms with Gasteiger partial charge in [-0.15, -0.1) is 11.8 Å². The molecule has 9 heteroatoms. The summed E-state index contributed by atoms with van der Waals surface area (Å²) >= 11 is 4.49. The van der Waals surface area contributed by atoms with Gasteiger partial charge >= 0.3 is 0 Å². The second-order valence-corrected chi connectivity index (χ2v) is 8.13. The Kier molecular flexibility index (Phi) is 6.95. The lowest BCUT2D eigenvalue weighted by atomic mass is 10.2. The molecule has 0 saturated carbocycles. The summed E-state index contributed by atoms with van der Waals surface area (Å²) in [7, 11) is 1.85. The number of aromatic nitrogens is 1. The normalized spacial score (nSPS) is 10.6. The third-order valence-corrected chi connectivity index (χ3v) is 5.46. The number of nitrogens with one attached hydrogen (secondary N) is 3. The van der Waals surface area contributed by atoms with Crippen molar-refractivity contribution in [1.29, 1.82) is 0 Å². The summed E-state index contributed by atoms with van der Waals surface area (Å²) in [5, 5.41) is 3.56. The van der Waals surface area contributed by atoms with Crippen molar-refractivity contribution < 1.29 is 14.4 Å². The molecule has 3 rings (SSSR count). The SMILES string of the molecule is Cn1cc(C(=O)NNC(=O)CSCC(=O)Nc2cccc(Br)c2)c2ccccc21. The standard InChI is InChI=1S/C20H19BrN4O3S/c1-25-10-16(15-7-2-3-8-17(15)25)20(28)24-23-19(27)12-29-11-18(26)22-14-6-4-5-13(21)9-14/h2-10H,11-12H2,1H3,(H,22,26)(H,23,27)(H,24,28). The molecule has 0 spiro atoms. The predicted octanol–water partition coefficient (Wildman–Crippen LogP) is 3.07. The van der Waals surface area contributed by atoms with Crippen molar-refractivity contribution in [2.45, 2.75) is 0 Å². The Morgan fingerprint density at radius 1 is 1.00 bits per heavy atom. The average molecular weight is 475 g/mol. The molecule has 1 aromatic heterocycles. The number of benzene rings is 2. The van der Waals surface area contributed by atoms with Gasteiger partial charge in [-0.05, 0) is 24.3 Å². The molecule has 3 amide bonds. The van der Waals surface area contributed by atoms with Gasteiger partial charge in [0.05, 0.1) is 17.1 Å². The molecule has 0 aliphatic rings. The van der Waals surface area contributed by atoms with Crippen LogP contribution in [0.1, 0.15) is 10.4 Å². The van der Waals surface area contributed by atoms with Gasteiger partial charge in [-0.25, -0.2) is 0 Å². The Morgan fingerprint density at radius 3 is 2.55 bits per heavy atom. The minimum Gasteiger partial charge on any atom is -0.350 e. The van der Waals surface area contributed by atoms with Crippen LogP contribution in [0.5, 0.6) is 0 Å². The molecule has 0 unspecified atom stereocenters. The zero-order valence-electron chi connectivity index (χ0n) is 15.6. The Bertz CT molecular complexity index is 1070. The number of aryl methyl sites for hydroxylation is 1. The minimum atomic E-state index is -0.396. The highest BCUT2D eigenvalue weighted by Gasteiger charge is 2.14. The zero-order valence-corrected chi connectivity index (χ0v) is 18.0. The molecule has 1 heterocycles. The molecule has 0 aliphatic heterocycles. The van der Waals surface area contributed by atoms with E-state index in [1.165, 1.54) is 0 Å². The highest BCUT2D eigenvalue weighted by Crippen LogP contribution is 2.20. The molecule has 0 radical (unpaired) electrons. The van der Waals surface area contributed by atoms with Crippen molar-refractivity contribution in [3.8, 4) is 0 Å². The third kappa shape index (κ3) is 5.61. The van der Waals surface area contributed by atoms with E-state index in [1.54, 1.807) is 18.3 Å². The fourth-order valence-electron chi connectivity index (χ4n) is 2.75. The number of hydrogen-bond acceptors (Lipinski definition) is 4. The van der Waals surface area contributed by atoms with E-state index < -0.39 is 5.91 Å². The van der Waals surface area contributed by atoms with Crippen molar-refractivity contribution in [2.24, 2.45) is 7.05 Å². The van der Waals surface area contributed by atoms with E-state index in [1.807, 2.05) is 48.0 Å². The second-order valence-electron chi connectivity index (χ2n) is 6.22. The lowest BCUT2D eigenvalue weighted by Gasteiger charge is -2.07. The van der Waals surface area contributed by atoms with Crippen LogP contribution in [-0.4, -0.2) is 33.8 Å². The summed E-state index contributed by atoms with van der Waals surface area (Å²) in [5.41, 5.74) is 6.88. The van der Waals surface area contributed by atoms with E-state index in [0.29, 0.717) is 11.3 Å². The van der Waals surface area contributed by atoms with Crippen LogP contribution in [0.4, 0.5) is 5.69 Å². The van der Waals surface area contributed by atoms with Crippen LogP contribution in [0, 0.1) is 0 Å². The van der Waals surface area contributed by atoms with Crippen molar-refractivity contribution in [1.82, 2.24) is 15.4 Å². The van der Waals surface area contributed by atoms with Crippen LogP contribution in [0.2, 0.25) is 0 Å². The minimum absolute atomic E-state index is 0.0434. The maximum Gasteiger partial charge on any atom is 0.271 e. The molecule has 3 N–H and O–H groups in total. The summed E-state index contributed by atoms with van der Waals surface area (Å²) in [5.74, 6) is -0.828. The van der Waals surface area contributed by atoms with Crippen LogP contribution in [0.25, 0.3) is 10.9 Å². The first-order valence-corrected chi connectivity index (χ1v) is 10.6. The number of para-hydroxylation sites is 1. The van der Waals surface area contributed by atoms with Crippen molar-refractivity contribution in [3.63, 3.8) is 0 Å². The number of nitrogens with zero attached hydrogens (tertiary/aromatic N) is 1. The van der Waals surface area contributed by atoms with Crippen LogP contribution >= 0.6 is 27.7 Å². The molecule has 0 saturated heterocycles. The number of hydrazine groups is 1. The van der Waals surface area contributed by atoms with Gasteiger partial charge in [-0.2, -0.15) is 0 Å². The number of amides is 3. The molecule has 0 atom stereocenters. The van der Waals surface area contributed by atoms with Crippen LogP contribution in [-0.2, 0) is 16.6 Å². The van der Waals surface area contributed by atoms with Gasteiger partial charge in [0.15, 0.2) is 0 Å². The molecule has 3 aromatic rings. The molecule has 7 nitrogen and oxygen atoms in total. The zero-order chi connectivity index (χ0) is 20.8. The third-order valence-electron chi connectivity index (χ3n) is 4.03. The molecule has 0 fully saturated rings. The first-order valence-electron chi connectivity index (χ1n) is 8.70. The number of carbonyl (C=O) groups is 3. The monoisotopic (exact) mass is 474 g/mol. The lowest BCUT2D eigenvalue weighted by Crippen LogP contribution is -2.42. The van der Waals surface area contributed by atoms with Crippen LogP contribution in [0.3, 0.4) is 0 Å². The number of hydrogen-bond donors (Lipinski definition) is 3. The quantitative estimate of drug-likeness (QED) is 0.478. The number of rotatable bonds is 6. The maximum absolute atomic E-state index is 12.4. The summed E-state index contributed by atoms with van der Waals surface area (Å²) < 4.78 is 2.72. The van der Waals surface area contributed by atoms with E-state index in [-0.39, 0.29) is 23.3 Å². The largest absolute Gasteiger partial charge is 0.350 e. The van der Waals surface area contributed by atoms with Crippen molar-refractivity contribution in [2.75, 3.05) is 16.8 Å². The first kappa shape index (κ1) is 20.9. The Balaban J connectivity index is 1.42. The molecule has 2 aromatic carbocycles. The smallest absolute Gasteiger partial charge is 0.271 e. The summed E-state index contributed by atoms with van der Waals surface area (Å²) in [6, 6.07) is 14.8. The van der Waals surface area contributed by atoms with E-state index >= 15 is 0 Å². The molecule has 29 heavy (non-hydrogen) atoms. The predicted molar refractivity (Wildman–Crippen MR) is 119 cm³/mol. The highest BCUT2D eigenvalue weighted by atomic mass is 79.9. The maximum atomic E-state index is 12.4. The van der Waals surface area contributed by atoms with Gasteiger partial charge in [-0.3, -0.25) is 25.2 Å². The van der Waals surface area contributed by atoms with Crippen LogP contribution < -0.4 is 16.2 Å². The number of anilines is 1. The van der Waals surface area contributed by atoms with Crippen molar-refractivity contribution in [3.05, 3.63) is 64.8 Å². The summed E-state index contributed by atoms with van der Waals surface area (Å²) in [6.45, 7) is 0. The van der Waals surface area contributed by atoms with E-state index in [0.717, 1.165) is 27.1 Å². The average Bonchev–Trinajstić information content (AvgIpc) is 3.03. The summed E-state index contributed by atoms with van der Waals surface area (Å²) in [4.78, 5) is 36.2. The number of fused-ring (bicyclic) bond motifs is 1. The highest BCUT2D eigenvalue weighted by molar-refractivity contribution is 9.10. The molecular formula is C20H19BrN4O3S. The van der Waals surface area contributed by atoms with Gasteiger partial charge in [0, 0.05) is 34.3 Å². The van der Waals surface area contributed by atoms with E-state index in [2.05, 4.69) is 32.1 Å². The van der Waals surface area contributed by atoms with Gasteiger partial charge in [0.2, 0.25) is 11.8 Å². The van der Waals surface area contributed by atoms with Crippen molar-refractivity contribution >= 4 is 62.0 Å². The lowest BCUT2D eigenvalue weighted by molar-refractivity contribution is -0.119. The second kappa shape index (κ2) is 9.62. The van der Waals surface area contributed by atoms with E-state index in [9.17, 15) is 14.4 Å². The fourth-order valence-corrected chi connectivity index (χ4v) is 3.77. The van der Waals surface area contributed by atoms with Gasteiger partial charge in [-0.1, -0.05) is 40.2 Å².